The van der Waals surface area contributed by atoms with Crippen molar-refractivity contribution in [1.29, 1.82) is 0 Å². The Balaban J connectivity index is 1.92. The van der Waals surface area contributed by atoms with E-state index in [2.05, 4.69) is 19.9 Å². The third-order valence-corrected chi connectivity index (χ3v) is 3.76. The van der Waals surface area contributed by atoms with E-state index in [0.29, 0.717) is 0 Å². The second-order valence-electron chi connectivity index (χ2n) is 5.40. The lowest BCUT2D eigenvalue weighted by Gasteiger charge is -2.09. The molecule has 5 nitrogen and oxygen atoms in total. The molecule has 4 aromatic rings. The zero-order valence-corrected chi connectivity index (χ0v) is 12.5. The molecule has 0 aliphatic rings. The van der Waals surface area contributed by atoms with E-state index in [4.69, 9.17) is 0 Å². The summed E-state index contributed by atoms with van der Waals surface area (Å²) in [6.45, 7) is 1.97. The number of pyridine rings is 2. The number of fused-ring (bicyclic) bond motifs is 1. The SMILES string of the molecule is Cc1cccc(-c2cccnc2-c2ccc3[nH]c(=O)[nH]c3c2)n1. The van der Waals surface area contributed by atoms with Crippen molar-refractivity contribution in [1.82, 2.24) is 19.9 Å². The summed E-state index contributed by atoms with van der Waals surface area (Å²) in [7, 11) is 0. The van der Waals surface area contributed by atoms with Gasteiger partial charge in [0.15, 0.2) is 0 Å². The predicted octanol–water partition coefficient (Wildman–Crippen LogP) is 3.29. The van der Waals surface area contributed by atoms with Crippen LogP contribution < -0.4 is 5.69 Å². The predicted molar refractivity (Wildman–Crippen MR) is 90.1 cm³/mol. The fourth-order valence-corrected chi connectivity index (χ4v) is 2.71. The molecule has 23 heavy (non-hydrogen) atoms. The average molecular weight is 302 g/mol. The number of nitrogens with zero attached hydrogens (tertiary/aromatic N) is 2. The van der Waals surface area contributed by atoms with Gasteiger partial charge in [-0.3, -0.25) is 9.97 Å². The monoisotopic (exact) mass is 302 g/mol. The second-order valence-corrected chi connectivity index (χ2v) is 5.40. The lowest BCUT2D eigenvalue weighted by molar-refractivity contribution is 1.20. The summed E-state index contributed by atoms with van der Waals surface area (Å²) < 4.78 is 0. The molecule has 3 heterocycles. The Labute approximate surface area is 132 Å². The van der Waals surface area contributed by atoms with E-state index >= 15 is 0 Å². The van der Waals surface area contributed by atoms with Crippen LogP contribution in [0.3, 0.4) is 0 Å². The Morgan fingerprint density at radius 2 is 1.83 bits per heavy atom. The van der Waals surface area contributed by atoms with Crippen LogP contribution in [-0.4, -0.2) is 19.9 Å². The van der Waals surface area contributed by atoms with Crippen LogP contribution in [0.2, 0.25) is 0 Å². The van der Waals surface area contributed by atoms with E-state index in [9.17, 15) is 4.79 Å². The van der Waals surface area contributed by atoms with E-state index in [1.165, 1.54) is 0 Å². The summed E-state index contributed by atoms with van der Waals surface area (Å²) in [5.41, 5.74) is 5.93. The average Bonchev–Trinajstić information content (AvgIpc) is 2.94. The first kappa shape index (κ1) is 13.5. The molecule has 2 N–H and O–H groups in total. The van der Waals surface area contributed by atoms with Gasteiger partial charge in [-0.05, 0) is 43.3 Å². The lowest BCUT2D eigenvalue weighted by atomic mass is 10.0. The highest BCUT2D eigenvalue weighted by Gasteiger charge is 2.11. The first-order valence-corrected chi connectivity index (χ1v) is 7.32. The quantitative estimate of drug-likeness (QED) is 0.596. The third-order valence-electron chi connectivity index (χ3n) is 3.76. The smallest absolute Gasteiger partial charge is 0.306 e. The van der Waals surface area contributed by atoms with Crippen molar-refractivity contribution in [3.63, 3.8) is 0 Å². The lowest BCUT2D eigenvalue weighted by Crippen LogP contribution is -1.99. The summed E-state index contributed by atoms with van der Waals surface area (Å²) in [4.78, 5) is 26.1. The molecule has 3 aromatic heterocycles. The molecule has 4 rings (SSSR count). The molecule has 0 spiro atoms. The van der Waals surface area contributed by atoms with E-state index in [1.807, 2.05) is 55.5 Å². The zero-order valence-electron chi connectivity index (χ0n) is 12.5. The summed E-state index contributed by atoms with van der Waals surface area (Å²) in [6, 6.07) is 15.6. The summed E-state index contributed by atoms with van der Waals surface area (Å²) in [5.74, 6) is 0. The normalized spacial score (nSPS) is 11.0. The van der Waals surface area contributed by atoms with E-state index in [-0.39, 0.29) is 5.69 Å². The minimum absolute atomic E-state index is 0.209. The van der Waals surface area contributed by atoms with Crippen molar-refractivity contribution in [3.8, 4) is 22.5 Å². The molecule has 112 valence electrons. The Bertz CT molecular complexity index is 1060. The molecular formula is C18H14N4O. The van der Waals surface area contributed by atoms with Crippen LogP contribution >= 0.6 is 0 Å². The number of rotatable bonds is 2. The highest BCUT2D eigenvalue weighted by molar-refractivity contribution is 5.85. The minimum atomic E-state index is -0.209. The van der Waals surface area contributed by atoms with E-state index in [1.54, 1.807) is 6.20 Å². The maximum Gasteiger partial charge on any atom is 0.323 e. The summed E-state index contributed by atoms with van der Waals surface area (Å²) in [5, 5.41) is 0. The summed E-state index contributed by atoms with van der Waals surface area (Å²) in [6.07, 6.45) is 1.76. The molecule has 0 unspecified atom stereocenters. The summed E-state index contributed by atoms with van der Waals surface area (Å²) >= 11 is 0. The molecule has 0 atom stereocenters. The molecule has 1 aromatic carbocycles. The highest BCUT2D eigenvalue weighted by Crippen LogP contribution is 2.30. The number of hydrogen-bond donors (Lipinski definition) is 2. The van der Waals surface area contributed by atoms with Gasteiger partial charge in [-0.1, -0.05) is 12.1 Å². The first-order valence-electron chi connectivity index (χ1n) is 7.32. The molecule has 0 saturated carbocycles. The van der Waals surface area contributed by atoms with Crippen LogP contribution in [0.4, 0.5) is 0 Å². The van der Waals surface area contributed by atoms with Crippen LogP contribution in [0.25, 0.3) is 33.5 Å². The second kappa shape index (κ2) is 5.21. The molecule has 0 saturated heterocycles. The van der Waals surface area contributed by atoms with Crippen LogP contribution in [-0.2, 0) is 0 Å². The molecule has 5 heteroatoms. The van der Waals surface area contributed by atoms with Gasteiger partial charge < -0.3 is 9.97 Å². The highest BCUT2D eigenvalue weighted by atomic mass is 16.1. The standard InChI is InChI=1S/C18H14N4O/c1-11-4-2-6-14(20-11)13-5-3-9-19-17(13)12-7-8-15-16(10-12)22-18(23)21-15/h2-10H,1H3,(H2,21,22,23). The Morgan fingerprint density at radius 1 is 0.957 bits per heavy atom. The van der Waals surface area contributed by atoms with Gasteiger partial charge in [-0.2, -0.15) is 0 Å². The molecule has 0 aliphatic heterocycles. The maximum absolute atomic E-state index is 11.4. The number of aromatic amines is 2. The van der Waals surface area contributed by atoms with E-state index in [0.717, 1.165) is 39.2 Å². The number of hydrogen-bond acceptors (Lipinski definition) is 3. The van der Waals surface area contributed by atoms with Gasteiger partial charge >= 0.3 is 5.69 Å². The van der Waals surface area contributed by atoms with Crippen LogP contribution in [0.5, 0.6) is 0 Å². The molecule has 0 bridgehead atoms. The fraction of sp³-hybridized carbons (Fsp3) is 0.0556. The number of aromatic nitrogens is 4. The van der Waals surface area contributed by atoms with Crippen LogP contribution in [0.1, 0.15) is 5.69 Å². The molecule has 0 radical (unpaired) electrons. The van der Waals surface area contributed by atoms with Crippen molar-refractivity contribution >= 4 is 11.0 Å². The van der Waals surface area contributed by atoms with E-state index < -0.39 is 0 Å². The third kappa shape index (κ3) is 2.42. The molecule has 0 aliphatic carbocycles. The Morgan fingerprint density at radius 3 is 2.70 bits per heavy atom. The largest absolute Gasteiger partial charge is 0.323 e. The number of nitrogens with one attached hydrogen (secondary N) is 2. The molecule has 0 fully saturated rings. The zero-order chi connectivity index (χ0) is 15.8. The van der Waals surface area contributed by atoms with Crippen molar-refractivity contribution in [2.24, 2.45) is 0 Å². The number of H-pyrrole nitrogens is 2. The molecule has 0 amide bonds. The Hall–Kier alpha value is -3.21. The maximum atomic E-state index is 11.4. The van der Waals surface area contributed by atoms with Crippen molar-refractivity contribution in [2.75, 3.05) is 0 Å². The van der Waals surface area contributed by atoms with Crippen molar-refractivity contribution < 1.29 is 0 Å². The fourth-order valence-electron chi connectivity index (χ4n) is 2.71. The molecular weight excluding hydrogens is 288 g/mol. The number of imidazole rings is 1. The topological polar surface area (TPSA) is 74.4 Å². The van der Waals surface area contributed by atoms with Crippen LogP contribution in [0, 0.1) is 6.92 Å². The van der Waals surface area contributed by atoms with Crippen LogP contribution in [0.15, 0.2) is 59.5 Å². The van der Waals surface area contributed by atoms with Crippen molar-refractivity contribution in [3.05, 3.63) is 70.9 Å². The van der Waals surface area contributed by atoms with Gasteiger partial charge in [0.25, 0.3) is 0 Å². The minimum Gasteiger partial charge on any atom is -0.306 e. The van der Waals surface area contributed by atoms with Gasteiger partial charge in [0.1, 0.15) is 0 Å². The van der Waals surface area contributed by atoms with Gasteiger partial charge in [-0.25, -0.2) is 4.79 Å². The number of benzene rings is 1. The van der Waals surface area contributed by atoms with Gasteiger partial charge in [-0.15, -0.1) is 0 Å². The Kier molecular flexibility index (Phi) is 3.05. The first-order chi connectivity index (χ1) is 11.2. The van der Waals surface area contributed by atoms with Gasteiger partial charge in [0.05, 0.1) is 22.4 Å². The van der Waals surface area contributed by atoms with Gasteiger partial charge in [0.2, 0.25) is 0 Å². The van der Waals surface area contributed by atoms with Crippen molar-refractivity contribution in [2.45, 2.75) is 6.92 Å². The van der Waals surface area contributed by atoms with Gasteiger partial charge in [0, 0.05) is 23.0 Å². The number of aryl methyl sites for hydroxylation is 1.